The van der Waals surface area contributed by atoms with Gasteiger partial charge in [-0.05, 0) is 47.9 Å². The summed E-state index contributed by atoms with van der Waals surface area (Å²) in [5.74, 6) is 0.585. The van der Waals surface area contributed by atoms with Crippen LogP contribution in [0.25, 0.3) is 0 Å². The summed E-state index contributed by atoms with van der Waals surface area (Å²) in [4.78, 5) is 2.30. The molecule has 134 valence electrons. The standard InChI is InChI=1S/C18H22N2O4S/c1-20-10-9-13-11-14(3-8-17(13)20)18(21)12-19-25(22,23)16-6-4-15(24-2)5-7-16/h3-8,11,18-19,21H,9-10,12H2,1-2H3. The lowest BCUT2D eigenvalue weighted by Gasteiger charge is -2.16. The molecule has 0 bridgehead atoms. The van der Waals surface area contributed by atoms with E-state index in [0.717, 1.165) is 18.7 Å². The highest BCUT2D eigenvalue weighted by Crippen LogP contribution is 2.29. The second-order valence-corrected chi connectivity index (χ2v) is 7.87. The lowest BCUT2D eigenvalue weighted by Crippen LogP contribution is -2.28. The Kier molecular flexibility index (Phi) is 4.99. The van der Waals surface area contributed by atoms with Crippen LogP contribution >= 0.6 is 0 Å². The van der Waals surface area contributed by atoms with E-state index in [0.29, 0.717) is 11.3 Å². The monoisotopic (exact) mass is 362 g/mol. The van der Waals surface area contributed by atoms with E-state index in [1.165, 1.54) is 24.8 Å². The minimum Gasteiger partial charge on any atom is -0.497 e. The van der Waals surface area contributed by atoms with E-state index in [1.807, 2.05) is 25.2 Å². The maximum Gasteiger partial charge on any atom is 0.240 e. The SMILES string of the molecule is COc1ccc(S(=O)(=O)NCC(O)c2ccc3c(c2)CCN3C)cc1. The normalized spacial score (nSPS) is 15.1. The van der Waals surface area contributed by atoms with E-state index in [9.17, 15) is 13.5 Å². The Morgan fingerprint density at radius 2 is 1.96 bits per heavy atom. The smallest absolute Gasteiger partial charge is 0.240 e. The fraction of sp³-hybridized carbons (Fsp3) is 0.333. The zero-order chi connectivity index (χ0) is 18.0. The molecule has 7 heteroatoms. The number of aliphatic hydroxyl groups excluding tert-OH is 1. The molecule has 6 nitrogen and oxygen atoms in total. The Bertz CT molecular complexity index is 850. The lowest BCUT2D eigenvalue weighted by atomic mass is 10.0. The Balaban J connectivity index is 1.68. The van der Waals surface area contributed by atoms with Crippen molar-refractivity contribution in [1.82, 2.24) is 4.72 Å². The molecule has 1 unspecified atom stereocenters. The molecule has 2 N–H and O–H groups in total. The molecule has 1 aliphatic rings. The highest BCUT2D eigenvalue weighted by atomic mass is 32.2. The van der Waals surface area contributed by atoms with Crippen molar-refractivity contribution >= 4 is 15.7 Å². The minimum atomic E-state index is -3.68. The van der Waals surface area contributed by atoms with Crippen LogP contribution in [0.5, 0.6) is 5.75 Å². The quantitative estimate of drug-likeness (QED) is 0.818. The van der Waals surface area contributed by atoms with Gasteiger partial charge in [0.25, 0.3) is 0 Å². The Morgan fingerprint density at radius 1 is 1.24 bits per heavy atom. The van der Waals surface area contributed by atoms with Gasteiger partial charge in [0.15, 0.2) is 0 Å². The van der Waals surface area contributed by atoms with Gasteiger partial charge in [0.2, 0.25) is 10.0 Å². The van der Waals surface area contributed by atoms with Gasteiger partial charge in [-0.15, -0.1) is 0 Å². The first-order chi connectivity index (χ1) is 11.9. The Morgan fingerprint density at radius 3 is 2.64 bits per heavy atom. The maximum atomic E-state index is 12.3. The molecule has 25 heavy (non-hydrogen) atoms. The second kappa shape index (κ2) is 7.03. The molecule has 0 aromatic heterocycles. The van der Waals surface area contributed by atoms with Crippen molar-refractivity contribution in [2.75, 3.05) is 32.1 Å². The minimum absolute atomic E-state index is 0.0804. The van der Waals surface area contributed by atoms with Crippen LogP contribution in [-0.2, 0) is 16.4 Å². The largest absolute Gasteiger partial charge is 0.497 e. The summed E-state index contributed by atoms with van der Waals surface area (Å²) in [5, 5.41) is 10.3. The van der Waals surface area contributed by atoms with Crippen molar-refractivity contribution in [3.63, 3.8) is 0 Å². The first-order valence-corrected chi connectivity index (χ1v) is 9.55. The van der Waals surface area contributed by atoms with Gasteiger partial charge in [-0.1, -0.05) is 12.1 Å². The molecule has 0 spiro atoms. The molecule has 2 aromatic carbocycles. The van der Waals surface area contributed by atoms with E-state index in [2.05, 4.69) is 9.62 Å². The molecule has 1 atom stereocenters. The summed E-state index contributed by atoms with van der Waals surface area (Å²) >= 11 is 0. The van der Waals surface area contributed by atoms with Crippen LogP contribution in [0.2, 0.25) is 0 Å². The highest BCUT2D eigenvalue weighted by Gasteiger charge is 2.20. The van der Waals surface area contributed by atoms with Gasteiger partial charge in [0.05, 0.1) is 18.1 Å². The van der Waals surface area contributed by atoms with Crippen LogP contribution in [0.1, 0.15) is 17.2 Å². The van der Waals surface area contributed by atoms with Crippen molar-refractivity contribution < 1.29 is 18.3 Å². The highest BCUT2D eigenvalue weighted by molar-refractivity contribution is 7.89. The van der Waals surface area contributed by atoms with Crippen LogP contribution in [0, 0.1) is 0 Å². The van der Waals surface area contributed by atoms with Crippen molar-refractivity contribution in [3.8, 4) is 5.75 Å². The molecule has 3 rings (SSSR count). The number of hydrogen-bond acceptors (Lipinski definition) is 5. The van der Waals surface area contributed by atoms with Gasteiger partial charge in [-0.25, -0.2) is 13.1 Å². The molecular weight excluding hydrogens is 340 g/mol. The molecule has 2 aromatic rings. The summed E-state index contributed by atoms with van der Waals surface area (Å²) in [6, 6.07) is 11.9. The molecule has 0 amide bonds. The van der Waals surface area contributed by atoms with E-state index in [-0.39, 0.29) is 11.4 Å². The number of sulfonamides is 1. The third-order valence-corrected chi connectivity index (χ3v) is 5.89. The van der Waals surface area contributed by atoms with Crippen LogP contribution in [-0.4, -0.2) is 40.8 Å². The molecular formula is C18H22N2O4S. The third kappa shape index (κ3) is 3.78. The van der Waals surface area contributed by atoms with Crippen molar-refractivity contribution in [2.45, 2.75) is 17.4 Å². The number of benzene rings is 2. The predicted molar refractivity (Wildman–Crippen MR) is 96.6 cm³/mol. The third-order valence-electron chi connectivity index (χ3n) is 4.45. The molecule has 0 radical (unpaired) electrons. The number of nitrogens with zero attached hydrogens (tertiary/aromatic N) is 1. The molecule has 1 aliphatic heterocycles. The van der Waals surface area contributed by atoms with E-state index in [4.69, 9.17) is 4.74 Å². The van der Waals surface area contributed by atoms with Crippen LogP contribution in [0.15, 0.2) is 47.4 Å². The Labute approximate surface area is 148 Å². The van der Waals surface area contributed by atoms with E-state index < -0.39 is 16.1 Å². The van der Waals surface area contributed by atoms with E-state index >= 15 is 0 Å². The average molecular weight is 362 g/mol. The summed E-state index contributed by atoms with van der Waals surface area (Å²) in [5.41, 5.74) is 3.05. The van der Waals surface area contributed by atoms with Crippen molar-refractivity contribution in [3.05, 3.63) is 53.6 Å². The number of methoxy groups -OCH3 is 1. The van der Waals surface area contributed by atoms with Gasteiger partial charge < -0.3 is 14.7 Å². The van der Waals surface area contributed by atoms with Gasteiger partial charge in [0, 0.05) is 25.8 Å². The topological polar surface area (TPSA) is 78.9 Å². The molecule has 0 saturated heterocycles. The van der Waals surface area contributed by atoms with Gasteiger partial charge in [-0.3, -0.25) is 0 Å². The van der Waals surface area contributed by atoms with Gasteiger partial charge in [0.1, 0.15) is 5.75 Å². The zero-order valence-corrected chi connectivity index (χ0v) is 15.1. The number of ether oxygens (including phenoxy) is 1. The summed E-state index contributed by atoms with van der Waals surface area (Å²) < 4.78 is 32.1. The van der Waals surface area contributed by atoms with Crippen molar-refractivity contribution in [2.24, 2.45) is 0 Å². The predicted octanol–water partition coefficient (Wildman–Crippen LogP) is 1.70. The van der Waals surface area contributed by atoms with Gasteiger partial charge in [-0.2, -0.15) is 0 Å². The fourth-order valence-corrected chi connectivity index (χ4v) is 3.98. The first-order valence-electron chi connectivity index (χ1n) is 8.06. The molecule has 0 aliphatic carbocycles. The van der Waals surface area contributed by atoms with E-state index in [1.54, 1.807) is 12.1 Å². The maximum absolute atomic E-state index is 12.3. The summed E-state index contributed by atoms with van der Waals surface area (Å²) in [6.07, 6.45) is 0.0356. The number of anilines is 1. The molecule has 1 heterocycles. The van der Waals surface area contributed by atoms with Crippen LogP contribution in [0.3, 0.4) is 0 Å². The number of hydrogen-bond donors (Lipinski definition) is 2. The zero-order valence-electron chi connectivity index (χ0n) is 14.3. The second-order valence-electron chi connectivity index (χ2n) is 6.10. The Hall–Kier alpha value is -2.09. The van der Waals surface area contributed by atoms with Crippen molar-refractivity contribution in [1.29, 1.82) is 0 Å². The van der Waals surface area contributed by atoms with Crippen LogP contribution < -0.4 is 14.4 Å². The number of likely N-dealkylation sites (N-methyl/N-ethyl adjacent to an activating group) is 1. The summed E-state index contributed by atoms with van der Waals surface area (Å²) in [6.45, 7) is 0.877. The fourth-order valence-electron chi connectivity index (χ4n) is 2.94. The number of nitrogens with one attached hydrogen (secondary N) is 1. The lowest BCUT2D eigenvalue weighted by molar-refractivity contribution is 0.182. The molecule has 0 fully saturated rings. The number of rotatable bonds is 6. The van der Waals surface area contributed by atoms with Crippen LogP contribution in [0.4, 0.5) is 5.69 Å². The number of aliphatic hydroxyl groups is 1. The first kappa shape index (κ1) is 17.7. The number of fused-ring (bicyclic) bond motifs is 1. The summed E-state index contributed by atoms with van der Waals surface area (Å²) in [7, 11) is -0.129. The average Bonchev–Trinajstić information content (AvgIpc) is 3.00. The van der Waals surface area contributed by atoms with Gasteiger partial charge >= 0.3 is 0 Å². The molecule has 0 saturated carbocycles.